The summed E-state index contributed by atoms with van der Waals surface area (Å²) in [5, 5.41) is 4.08. The van der Waals surface area contributed by atoms with Gasteiger partial charge in [-0.15, -0.1) is 0 Å². The molecule has 0 atom stereocenters. The van der Waals surface area contributed by atoms with E-state index >= 15 is 0 Å². The van der Waals surface area contributed by atoms with Gasteiger partial charge in [-0.3, -0.25) is 5.73 Å². The lowest BCUT2D eigenvalue weighted by molar-refractivity contribution is -0.711. The number of para-hydroxylation sites is 1. The number of phosphoric ester groups is 1. The van der Waals surface area contributed by atoms with Gasteiger partial charge in [0.05, 0.1) is 11.9 Å². The molecule has 0 aliphatic heterocycles. The summed E-state index contributed by atoms with van der Waals surface area (Å²) in [5.74, 6) is 1.82. The molecule has 11 heteroatoms. The fraction of sp³-hybridized carbons (Fsp3) is 0.0952. The molecule has 10 nitrogen and oxygen atoms in total. The smallest absolute Gasteiger partial charge is 0.439 e. The monoisotopic (exact) mass is 455 g/mol. The van der Waals surface area contributed by atoms with E-state index < -0.39 is 14.6 Å². The molecule has 0 saturated carbocycles. The zero-order chi connectivity index (χ0) is 22.6. The highest BCUT2D eigenvalue weighted by Crippen LogP contribution is 2.35. The second-order valence-corrected chi connectivity index (χ2v) is 8.04. The molecule has 0 bridgehead atoms. The van der Waals surface area contributed by atoms with Gasteiger partial charge in [0, 0.05) is 24.8 Å². The minimum Gasteiger partial charge on any atom is -0.439 e. The summed E-state index contributed by atoms with van der Waals surface area (Å²) in [4.78, 5) is 22.1. The van der Waals surface area contributed by atoms with Gasteiger partial charge < -0.3 is 19.0 Å². The van der Waals surface area contributed by atoms with E-state index in [1.165, 1.54) is 10.8 Å². The molecule has 0 aliphatic rings. The minimum atomic E-state index is -4.62. The predicted octanol–water partition coefficient (Wildman–Crippen LogP) is 3.06. The standard InChI is InChI=1S/C21H19N4O6P/c22-21-18(7-4-10-25(21)14-29-32(26,27)28)19-12-16(24-31-19)11-15-8-9-20(23-13-15)30-17-5-2-1-3-6-17/h1-10,12-13,22H,11,14H2,(H2,26,27,28)/p+1. The van der Waals surface area contributed by atoms with Crippen LogP contribution in [-0.2, 0) is 22.2 Å². The van der Waals surface area contributed by atoms with E-state index in [1.807, 2.05) is 36.4 Å². The van der Waals surface area contributed by atoms with Crippen LogP contribution in [0, 0.1) is 0 Å². The van der Waals surface area contributed by atoms with Gasteiger partial charge >= 0.3 is 7.82 Å². The summed E-state index contributed by atoms with van der Waals surface area (Å²) in [5.41, 5.74) is 8.20. The Kier molecular flexibility index (Phi) is 6.29. The number of benzene rings is 1. The molecular weight excluding hydrogens is 435 g/mol. The van der Waals surface area contributed by atoms with E-state index in [9.17, 15) is 4.57 Å². The summed E-state index contributed by atoms with van der Waals surface area (Å²) in [6.45, 7) is -0.409. The topological polar surface area (TPSA) is 145 Å². The highest BCUT2D eigenvalue weighted by molar-refractivity contribution is 7.46. The number of nitrogen functional groups attached to an aromatic ring is 1. The molecule has 0 radical (unpaired) electrons. The van der Waals surface area contributed by atoms with Crippen LogP contribution in [0.3, 0.4) is 0 Å². The highest BCUT2D eigenvalue weighted by Gasteiger charge is 2.20. The van der Waals surface area contributed by atoms with Crippen molar-refractivity contribution >= 4 is 13.6 Å². The van der Waals surface area contributed by atoms with Crippen molar-refractivity contribution in [1.29, 1.82) is 0 Å². The molecular formula is C21H20N4O6P+. The first-order valence-electron chi connectivity index (χ1n) is 9.49. The summed E-state index contributed by atoms with van der Waals surface area (Å²) in [6.07, 6.45) is 3.73. The molecule has 0 saturated heterocycles. The van der Waals surface area contributed by atoms with Gasteiger partial charge in [0.25, 0.3) is 5.82 Å². The molecule has 164 valence electrons. The Morgan fingerprint density at radius 2 is 1.91 bits per heavy atom. The third-order valence-electron chi connectivity index (χ3n) is 4.45. The third kappa shape index (κ3) is 5.57. The normalized spacial score (nSPS) is 11.4. The van der Waals surface area contributed by atoms with E-state index in [0.717, 1.165) is 5.56 Å². The lowest BCUT2D eigenvalue weighted by Crippen LogP contribution is -2.38. The maximum atomic E-state index is 10.9. The zero-order valence-electron chi connectivity index (χ0n) is 16.7. The number of hydrogen-bond donors (Lipinski definition) is 3. The Bertz CT molecular complexity index is 1240. The molecule has 0 spiro atoms. The zero-order valence-corrected chi connectivity index (χ0v) is 17.6. The van der Waals surface area contributed by atoms with Crippen molar-refractivity contribution in [1.82, 2.24) is 10.1 Å². The molecule has 0 unspecified atom stereocenters. The molecule has 3 heterocycles. The average molecular weight is 455 g/mol. The van der Waals surface area contributed by atoms with Crippen molar-refractivity contribution in [3.05, 3.63) is 84.3 Å². The van der Waals surface area contributed by atoms with Crippen LogP contribution in [0.5, 0.6) is 11.6 Å². The van der Waals surface area contributed by atoms with Gasteiger partial charge in [-0.2, -0.15) is 0 Å². The van der Waals surface area contributed by atoms with Crippen LogP contribution in [0.4, 0.5) is 5.82 Å². The molecule has 3 aromatic heterocycles. The summed E-state index contributed by atoms with van der Waals surface area (Å²) >= 11 is 0. The number of nitrogens with two attached hydrogens (primary N) is 1. The second kappa shape index (κ2) is 9.29. The van der Waals surface area contributed by atoms with Crippen molar-refractivity contribution in [2.24, 2.45) is 0 Å². The number of phosphoric acid groups is 1. The van der Waals surface area contributed by atoms with Gasteiger partial charge in [0.15, 0.2) is 5.76 Å². The molecule has 4 aromatic rings. The van der Waals surface area contributed by atoms with E-state index in [1.54, 1.807) is 30.5 Å². The predicted molar refractivity (Wildman–Crippen MR) is 113 cm³/mol. The van der Waals surface area contributed by atoms with Gasteiger partial charge in [0.2, 0.25) is 12.6 Å². The molecule has 4 rings (SSSR count). The molecule has 1 aromatic carbocycles. The van der Waals surface area contributed by atoms with Gasteiger partial charge in [-0.25, -0.2) is 18.6 Å². The fourth-order valence-electron chi connectivity index (χ4n) is 2.94. The SMILES string of the molecule is Nc1c(-c2cc(Cc3ccc(Oc4ccccc4)nc3)no2)ccc[n+]1COP(=O)(O)O. The Balaban J connectivity index is 1.45. The Morgan fingerprint density at radius 3 is 2.62 bits per heavy atom. The van der Waals surface area contributed by atoms with Crippen LogP contribution in [0.25, 0.3) is 11.3 Å². The summed E-state index contributed by atoms with van der Waals surface area (Å²) in [6, 6.07) is 18.2. The van der Waals surface area contributed by atoms with Gasteiger partial charge in [0.1, 0.15) is 11.3 Å². The lowest BCUT2D eigenvalue weighted by atomic mass is 10.1. The van der Waals surface area contributed by atoms with Crippen LogP contribution >= 0.6 is 7.82 Å². The second-order valence-electron chi connectivity index (χ2n) is 6.80. The van der Waals surface area contributed by atoms with E-state index in [2.05, 4.69) is 14.7 Å². The number of ether oxygens (including phenoxy) is 1. The van der Waals surface area contributed by atoms with Crippen LogP contribution < -0.4 is 15.0 Å². The molecule has 4 N–H and O–H groups in total. The summed E-state index contributed by atoms with van der Waals surface area (Å²) < 4.78 is 27.9. The van der Waals surface area contributed by atoms with Crippen molar-refractivity contribution < 1.29 is 32.7 Å². The Morgan fingerprint density at radius 1 is 1.09 bits per heavy atom. The van der Waals surface area contributed by atoms with Gasteiger partial charge in [-0.05, 0) is 29.8 Å². The first-order chi connectivity index (χ1) is 15.4. The first-order valence-corrected chi connectivity index (χ1v) is 11.0. The number of anilines is 1. The number of nitrogens with zero attached hydrogens (tertiary/aromatic N) is 3. The van der Waals surface area contributed by atoms with Crippen LogP contribution in [-0.4, -0.2) is 19.9 Å². The number of pyridine rings is 2. The Hall–Kier alpha value is -3.56. The summed E-state index contributed by atoms with van der Waals surface area (Å²) in [7, 11) is -4.62. The van der Waals surface area contributed by atoms with E-state index in [4.69, 9.17) is 24.8 Å². The van der Waals surface area contributed by atoms with Crippen molar-refractivity contribution in [3.8, 4) is 23.0 Å². The van der Waals surface area contributed by atoms with Crippen LogP contribution in [0.2, 0.25) is 0 Å². The number of rotatable bonds is 8. The average Bonchev–Trinajstić information content (AvgIpc) is 3.23. The van der Waals surface area contributed by atoms with Crippen LogP contribution in [0.1, 0.15) is 11.3 Å². The van der Waals surface area contributed by atoms with E-state index in [0.29, 0.717) is 35.1 Å². The lowest BCUT2D eigenvalue weighted by Gasteiger charge is -2.07. The van der Waals surface area contributed by atoms with E-state index in [-0.39, 0.29) is 5.82 Å². The fourth-order valence-corrected chi connectivity index (χ4v) is 3.21. The Labute approximate surface area is 183 Å². The van der Waals surface area contributed by atoms with Crippen molar-refractivity contribution in [2.75, 3.05) is 5.73 Å². The molecule has 0 fully saturated rings. The molecule has 0 aliphatic carbocycles. The number of aromatic nitrogens is 3. The first kappa shape index (κ1) is 21.7. The van der Waals surface area contributed by atoms with Crippen LogP contribution in [0.15, 0.2) is 77.6 Å². The number of hydrogen-bond acceptors (Lipinski definition) is 7. The highest BCUT2D eigenvalue weighted by atomic mass is 31.2. The third-order valence-corrected chi connectivity index (χ3v) is 4.90. The largest absolute Gasteiger partial charge is 0.472 e. The molecule has 0 amide bonds. The van der Waals surface area contributed by atoms with Gasteiger partial charge in [-0.1, -0.05) is 29.4 Å². The minimum absolute atomic E-state index is 0.215. The quantitative estimate of drug-likeness (QED) is 0.270. The van der Waals surface area contributed by atoms with Crippen molar-refractivity contribution in [2.45, 2.75) is 13.2 Å². The van der Waals surface area contributed by atoms with Crippen molar-refractivity contribution in [3.63, 3.8) is 0 Å². The molecule has 32 heavy (non-hydrogen) atoms. The maximum Gasteiger partial charge on any atom is 0.472 e. The maximum absolute atomic E-state index is 10.9.